The molecule has 4 aromatic rings. The van der Waals surface area contributed by atoms with E-state index in [0.29, 0.717) is 11.3 Å². The number of rotatable bonds is 1. The van der Waals surface area contributed by atoms with Crippen molar-refractivity contribution in [2.75, 3.05) is 0 Å². The Morgan fingerprint density at radius 2 is 1.76 bits per heavy atom. The summed E-state index contributed by atoms with van der Waals surface area (Å²) in [4.78, 5) is 13.4. The first kappa shape index (κ1) is 17.1. The summed E-state index contributed by atoms with van der Waals surface area (Å²) in [6.07, 6.45) is 0. The number of fused-ring (bicyclic) bond motifs is 4. The average Bonchev–Trinajstić information content (AvgIpc) is 2.76. The van der Waals surface area contributed by atoms with Crippen molar-refractivity contribution >= 4 is 21.7 Å². The molecule has 1 aliphatic heterocycles. The molecule has 29 heavy (non-hydrogen) atoms. The Morgan fingerprint density at radius 3 is 2.55 bits per heavy atom. The van der Waals surface area contributed by atoms with Crippen LogP contribution in [0.3, 0.4) is 0 Å². The van der Waals surface area contributed by atoms with Crippen LogP contribution < -0.4 is 16.0 Å². The third-order valence-corrected chi connectivity index (χ3v) is 5.57. The third kappa shape index (κ3) is 2.43. The maximum Gasteiger partial charge on any atom is 0.258 e. The highest BCUT2D eigenvalue weighted by Gasteiger charge is 2.35. The topological polar surface area (TPSA) is 81.0 Å². The molecule has 0 spiro atoms. The number of nitrogens with zero attached hydrogens (tertiary/aromatic N) is 2. The van der Waals surface area contributed by atoms with Crippen molar-refractivity contribution in [3.63, 3.8) is 0 Å². The number of nitriles is 1. The van der Waals surface area contributed by atoms with Gasteiger partial charge in [0, 0.05) is 12.4 Å². The van der Waals surface area contributed by atoms with Crippen LogP contribution in [0.25, 0.3) is 21.7 Å². The summed E-state index contributed by atoms with van der Waals surface area (Å²) < 4.78 is 7.44. The normalized spacial score (nSPS) is 15.8. The van der Waals surface area contributed by atoms with E-state index in [-0.39, 0.29) is 17.0 Å². The number of aryl methyl sites for hydroxylation is 1. The zero-order valence-electron chi connectivity index (χ0n) is 15.7. The van der Waals surface area contributed by atoms with Crippen molar-refractivity contribution < 1.29 is 4.74 Å². The van der Waals surface area contributed by atoms with E-state index >= 15 is 0 Å². The first-order valence-corrected chi connectivity index (χ1v) is 9.28. The number of ether oxygens (including phenoxy) is 1. The van der Waals surface area contributed by atoms with Crippen molar-refractivity contribution in [2.24, 2.45) is 12.8 Å². The van der Waals surface area contributed by atoms with Gasteiger partial charge in [0.25, 0.3) is 5.56 Å². The van der Waals surface area contributed by atoms with Crippen LogP contribution in [-0.2, 0) is 7.05 Å². The minimum atomic E-state index is -0.586. The molecule has 5 rings (SSSR count). The van der Waals surface area contributed by atoms with Gasteiger partial charge in [0.1, 0.15) is 17.4 Å². The lowest BCUT2D eigenvalue weighted by Gasteiger charge is -2.27. The Morgan fingerprint density at radius 1 is 1.03 bits per heavy atom. The van der Waals surface area contributed by atoms with Crippen molar-refractivity contribution in [1.82, 2.24) is 4.57 Å². The largest absolute Gasteiger partial charge is 0.439 e. The quantitative estimate of drug-likeness (QED) is 0.544. The summed E-state index contributed by atoms with van der Waals surface area (Å²) in [7, 11) is 1.73. The molecule has 1 aliphatic rings. The second-order valence-corrected chi connectivity index (χ2v) is 7.16. The molecule has 0 unspecified atom stereocenters. The standard InChI is InChI=1S/C24H17N3O2/c1-27-19-9-5-4-8-17(19)22-21(24(27)28)20(18(13-25)23(26)29-22)16-11-10-14-6-2-3-7-15(14)12-16/h2-12,20H,26H2,1H3/t20-/m1/s1. The van der Waals surface area contributed by atoms with Gasteiger partial charge in [0.15, 0.2) is 0 Å². The van der Waals surface area contributed by atoms with Gasteiger partial charge < -0.3 is 15.0 Å². The van der Waals surface area contributed by atoms with E-state index in [1.54, 1.807) is 11.6 Å². The number of aromatic nitrogens is 1. The molecule has 1 aromatic heterocycles. The summed E-state index contributed by atoms with van der Waals surface area (Å²) in [5.41, 5.74) is 8.23. The molecule has 0 bridgehead atoms. The van der Waals surface area contributed by atoms with Gasteiger partial charge in [0.2, 0.25) is 5.88 Å². The smallest absolute Gasteiger partial charge is 0.258 e. The molecule has 1 atom stereocenters. The number of pyridine rings is 1. The second-order valence-electron chi connectivity index (χ2n) is 7.16. The molecule has 0 aliphatic carbocycles. The molecule has 5 heteroatoms. The zero-order valence-corrected chi connectivity index (χ0v) is 15.7. The highest BCUT2D eigenvalue weighted by Crippen LogP contribution is 2.43. The van der Waals surface area contributed by atoms with Gasteiger partial charge in [0.05, 0.1) is 17.0 Å². The van der Waals surface area contributed by atoms with Gasteiger partial charge in [-0.25, -0.2) is 0 Å². The minimum absolute atomic E-state index is 0.0385. The van der Waals surface area contributed by atoms with E-state index < -0.39 is 5.92 Å². The van der Waals surface area contributed by atoms with Gasteiger partial charge in [-0.3, -0.25) is 4.79 Å². The van der Waals surface area contributed by atoms with E-state index in [9.17, 15) is 10.1 Å². The lowest BCUT2D eigenvalue weighted by Crippen LogP contribution is -2.31. The Hall–Kier alpha value is -4.04. The van der Waals surface area contributed by atoms with Crippen LogP contribution in [-0.4, -0.2) is 4.57 Å². The van der Waals surface area contributed by atoms with Gasteiger partial charge in [-0.05, 0) is 28.5 Å². The highest BCUT2D eigenvalue weighted by atomic mass is 16.5. The summed E-state index contributed by atoms with van der Waals surface area (Å²) >= 11 is 0. The maximum atomic E-state index is 13.4. The average molecular weight is 379 g/mol. The van der Waals surface area contributed by atoms with E-state index in [0.717, 1.165) is 27.2 Å². The highest BCUT2D eigenvalue weighted by molar-refractivity contribution is 5.89. The van der Waals surface area contributed by atoms with Crippen LogP contribution in [0.15, 0.2) is 83.0 Å². The van der Waals surface area contributed by atoms with Crippen molar-refractivity contribution in [2.45, 2.75) is 5.92 Å². The third-order valence-electron chi connectivity index (χ3n) is 5.57. The van der Waals surface area contributed by atoms with Gasteiger partial charge in [-0.1, -0.05) is 54.6 Å². The number of hydrogen-bond donors (Lipinski definition) is 1. The predicted octanol–water partition coefficient (Wildman–Crippen LogP) is 3.91. The Bertz CT molecular complexity index is 1440. The van der Waals surface area contributed by atoms with Crippen LogP contribution >= 0.6 is 0 Å². The number of benzene rings is 3. The molecule has 0 fully saturated rings. The molecular formula is C24H17N3O2. The summed E-state index contributed by atoms with van der Waals surface area (Å²) in [5, 5.41) is 12.7. The Balaban J connectivity index is 1.88. The number of para-hydroxylation sites is 1. The van der Waals surface area contributed by atoms with Crippen molar-refractivity contribution in [3.05, 3.63) is 99.7 Å². The van der Waals surface area contributed by atoms with E-state index in [4.69, 9.17) is 10.5 Å². The van der Waals surface area contributed by atoms with Gasteiger partial charge in [-0.2, -0.15) is 5.26 Å². The lowest BCUT2D eigenvalue weighted by atomic mass is 9.82. The molecule has 2 heterocycles. The maximum absolute atomic E-state index is 13.4. The van der Waals surface area contributed by atoms with Crippen molar-refractivity contribution in [3.8, 4) is 11.8 Å². The first-order valence-electron chi connectivity index (χ1n) is 9.28. The zero-order chi connectivity index (χ0) is 20.1. The predicted molar refractivity (Wildman–Crippen MR) is 112 cm³/mol. The fourth-order valence-electron chi connectivity index (χ4n) is 4.15. The van der Waals surface area contributed by atoms with Crippen LogP contribution in [0.1, 0.15) is 17.0 Å². The van der Waals surface area contributed by atoms with Gasteiger partial charge in [-0.15, -0.1) is 0 Å². The van der Waals surface area contributed by atoms with E-state index in [1.807, 2.05) is 66.7 Å². The molecular weight excluding hydrogens is 362 g/mol. The SMILES string of the molecule is Cn1c(=O)c2c(c3ccccc31)OC(N)=C(C#N)[C@H]2c1ccc2ccccc2c1. The molecule has 2 N–H and O–H groups in total. The number of nitrogens with two attached hydrogens (primary N) is 1. The van der Waals surface area contributed by atoms with Gasteiger partial charge >= 0.3 is 0 Å². The van der Waals surface area contributed by atoms with Crippen LogP contribution in [0.4, 0.5) is 0 Å². The molecule has 0 radical (unpaired) electrons. The Kier molecular flexibility index (Phi) is 3.68. The monoisotopic (exact) mass is 379 g/mol. The molecule has 5 nitrogen and oxygen atoms in total. The second kappa shape index (κ2) is 6.25. The van der Waals surface area contributed by atoms with Crippen LogP contribution in [0, 0.1) is 11.3 Å². The van der Waals surface area contributed by atoms with E-state index in [2.05, 4.69) is 6.07 Å². The molecule has 140 valence electrons. The fraction of sp³-hybridized carbons (Fsp3) is 0.0833. The molecule has 0 saturated heterocycles. The number of hydrogen-bond acceptors (Lipinski definition) is 4. The number of allylic oxidation sites excluding steroid dienone is 1. The molecule has 0 saturated carbocycles. The fourth-order valence-corrected chi connectivity index (χ4v) is 4.15. The summed E-state index contributed by atoms with van der Waals surface area (Å²) in [6.45, 7) is 0. The van der Waals surface area contributed by atoms with Crippen molar-refractivity contribution in [1.29, 1.82) is 5.26 Å². The summed E-state index contributed by atoms with van der Waals surface area (Å²) in [6, 6.07) is 23.6. The summed E-state index contributed by atoms with van der Waals surface area (Å²) in [5.74, 6) is -0.119. The Labute approximate surface area is 166 Å². The van der Waals surface area contributed by atoms with Crippen LogP contribution in [0.2, 0.25) is 0 Å². The minimum Gasteiger partial charge on any atom is -0.439 e. The molecule has 0 amide bonds. The van der Waals surface area contributed by atoms with Crippen LogP contribution in [0.5, 0.6) is 5.75 Å². The molecule has 3 aromatic carbocycles. The first-order chi connectivity index (χ1) is 14.1. The lowest BCUT2D eigenvalue weighted by molar-refractivity contribution is 0.396. The van der Waals surface area contributed by atoms with E-state index in [1.165, 1.54) is 0 Å².